The number of carbonyl (C=O) groups is 2. The SMILES string of the molecule is CC(C)(C)[C@@H](O)c1cccc(-c2ccc(OCCOC(=O)[C@@H]3[C@H](C(=O)OCCOc4ccc(-c5cccc([C@H](O)C(C)(C)C)n5)cc4)[C@H]4C=C[C@@H]3O4)cc2)n1. The van der Waals surface area contributed by atoms with E-state index in [-0.39, 0.29) is 37.3 Å². The van der Waals surface area contributed by atoms with Crippen LogP contribution in [-0.4, -0.2) is 70.8 Å². The third kappa shape index (κ3) is 9.59. The second-order valence-electron chi connectivity index (χ2n) is 16.0. The molecule has 4 heterocycles. The van der Waals surface area contributed by atoms with Gasteiger partial charge >= 0.3 is 11.9 Å². The van der Waals surface area contributed by atoms with Crippen LogP contribution in [0.5, 0.6) is 11.5 Å². The summed E-state index contributed by atoms with van der Waals surface area (Å²) >= 11 is 0. The molecule has 2 aromatic heterocycles. The molecule has 2 aliphatic rings. The van der Waals surface area contributed by atoms with Gasteiger partial charge in [0.05, 0.1) is 35.0 Å². The summed E-state index contributed by atoms with van der Waals surface area (Å²) in [5, 5.41) is 21.3. The molecule has 0 amide bonds. The molecule has 0 unspecified atom stereocenters. The number of hydrogen-bond acceptors (Lipinski definition) is 11. The highest BCUT2D eigenvalue weighted by atomic mass is 16.6. The van der Waals surface area contributed by atoms with Gasteiger partial charge in [0.2, 0.25) is 0 Å². The Labute approximate surface area is 322 Å². The Morgan fingerprint density at radius 2 is 0.982 bits per heavy atom. The van der Waals surface area contributed by atoms with Crippen LogP contribution in [0.4, 0.5) is 0 Å². The zero-order valence-electron chi connectivity index (χ0n) is 32.2. The molecule has 4 aromatic rings. The van der Waals surface area contributed by atoms with Crippen LogP contribution < -0.4 is 9.47 Å². The van der Waals surface area contributed by atoms with E-state index in [4.69, 9.17) is 23.7 Å². The van der Waals surface area contributed by atoms with Gasteiger partial charge in [-0.25, -0.2) is 0 Å². The molecule has 2 N–H and O–H groups in total. The number of aromatic nitrogens is 2. The van der Waals surface area contributed by atoms with E-state index < -0.39 is 48.2 Å². The lowest BCUT2D eigenvalue weighted by Crippen LogP contribution is -2.39. The molecule has 11 nitrogen and oxygen atoms in total. The highest BCUT2D eigenvalue weighted by molar-refractivity contribution is 5.85. The lowest BCUT2D eigenvalue weighted by atomic mass is 9.83. The number of rotatable bonds is 14. The van der Waals surface area contributed by atoms with Crippen molar-refractivity contribution in [1.29, 1.82) is 0 Å². The molecule has 1 fully saturated rings. The van der Waals surface area contributed by atoms with E-state index in [0.717, 1.165) is 22.5 Å². The maximum Gasteiger partial charge on any atom is 0.313 e. The molecule has 0 spiro atoms. The van der Waals surface area contributed by atoms with Gasteiger partial charge in [-0.15, -0.1) is 0 Å². The number of aliphatic hydroxyl groups is 2. The predicted molar refractivity (Wildman–Crippen MR) is 206 cm³/mol. The van der Waals surface area contributed by atoms with Crippen LogP contribution in [0, 0.1) is 22.7 Å². The van der Waals surface area contributed by atoms with E-state index in [1.165, 1.54) is 0 Å². The normalized spacial score (nSPS) is 20.1. The molecule has 1 saturated heterocycles. The minimum atomic E-state index is -0.827. The van der Waals surface area contributed by atoms with E-state index in [9.17, 15) is 19.8 Å². The smallest absolute Gasteiger partial charge is 0.313 e. The van der Waals surface area contributed by atoms with Crippen LogP contribution in [0.15, 0.2) is 97.1 Å². The first kappa shape index (κ1) is 39.6. The Hall–Kier alpha value is -5.10. The summed E-state index contributed by atoms with van der Waals surface area (Å²) in [6, 6.07) is 25.9. The lowest BCUT2D eigenvalue weighted by molar-refractivity contribution is -0.160. The van der Waals surface area contributed by atoms with Crippen molar-refractivity contribution in [2.24, 2.45) is 22.7 Å². The van der Waals surface area contributed by atoms with E-state index >= 15 is 0 Å². The quantitative estimate of drug-likeness (QED) is 0.0774. The summed E-state index contributed by atoms with van der Waals surface area (Å²) in [5.74, 6) is -1.57. The summed E-state index contributed by atoms with van der Waals surface area (Å²) in [4.78, 5) is 35.7. The second kappa shape index (κ2) is 16.7. The van der Waals surface area contributed by atoms with Crippen molar-refractivity contribution in [3.63, 3.8) is 0 Å². The van der Waals surface area contributed by atoms with E-state index in [1.807, 2.05) is 126 Å². The molecule has 11 heteroatoms. The summed E-state index contributed by atoms with van der Waals surface area (Å²) in [7, 11) is 0. The summed E-state index contributed by atoms with van der Waals surface area (Å²) in [6.45, 7) is 12.0. The molecule has 2 bridgehead atoms. The van der Waals surface area contributed by atoms with Crippen molar-refractivity contribution in [3.05, 3.63) is 108 Å². The maximum atomic E-state index is 13.2. The van der Waals surface area contributed by atoms with Gasteiger partial charge in [0.15, 0.2) is 0 Å². The minimum absolute atomic E-state index is 0.0127. The zero-order valence-corrected chi connectivity index (χ0v) is 32.2. The first-order chi connectivity index (χ1) is 26.2. The monoisotopic (exact) mass is 750 g/mol. The van der Waals surface area contributed by atoms with Crippen LogP contribution in [0.25, 0.3) is 22.5 Å². The number of esters is 2. The van der Waals surface area contributed by atoms with Crippen molar-refractivity contribution in [1.82, 2.24) is 9.97 Å². The number of benzene rings is 2. The molecule has 2 aliphatic heterocycles. The van der Waals surface area contributed by atoms with Crippen molar-refractivity contribution < 1.29 is 43.5 Å². The van der Waals surface area contributed by atoms with Crippen LogP contribution in [0.2, 0.25) is 0 Å². The number of aliphatic hydroxyl groups excluding tert-OH is 2. The van der Waals surface area contributed by atoms with Crippen LogP contribution in [0.1, 0.15) is 65.1 Å². The molecule has 2 aromatic carbocycles. The maximum absolute atomic E-state index is 13.2. The molecule has 6 rings (SSSR count). The fourth-order valence-electron chi connectivity index (χ4n) is 6.53. The zero-order chi connectivity index (χ0) is 39.3. The molecular weight excluding hydrogens is 700 g/mol. The van der Waals surface area contributed by atoms with Crippen LogP contribution in [0.3, 0.4) is 0 Å². The predicted octanol–water partition coefficient (Wildman–Crippen LogP) is 7.08. The number of fused-ring (bicyclic) bond motifs is 2. The van der Waals surface area contributed by atoms with Gasteiger partial charge in [-0.05, 0) is 83.6 Å². The summed E-state index contributed by atoms with van der Waals surface area (Å²) in [6.07, 6.45) is 1.03. The van der Waals surface area contributed by atoms with E-state index in [2.05, 4.69) is 9.97 Å². The molecule has 0 radical (unpaired) electrons. The van der Waals surface area contributed by atoms with E-state index in [0.29, 0.717) is 22.9 Å². The van der Waals surface area contributed by atoms with Crippen molar-refractivity contribution in [3.8, 4) is 34.0 Å². The van der Waals surface area contributed by atoms with Crippen molar-refractivity contribution in [2.45, 2.75) is 66.0 Å². The summed E-state index contributed by atoms with van der Waals surface area (Å²) < 4.78 is 28.5. The molecular formula is C44H50N2O9. The third-order valence-corrected chi connectivity index (χ3v) is 9.68. The number of pyridine rings is 2. The van der Waals surface area contributed by atoms with Gasteiger partial charge < -0.3 is 33.9 Å². The first-order valence-electron chi connectivity index (χ1n) is 18.6. The first-order valence-corrected chi connectivity index (χ1v) is 18.6. The van der Waals surface area contributed by atoms with Gasteiger partial charge in [-0.2, -0.15) is 0 Å². The van der Waals surface area contributed by atoms with Gasteiger partial charge in [0.25, 0.3) is 0 Å². The minimum Gasteiger partial charge on any atom is -0.490 e. The van der Waals surface area contributed by atoms with Gasteiger partial charge in [0.1, 0.15) is 62.0 Å². The van der Waals surface area contributed by atoms with Gasteiger partial charge in [-0.3, -0.25) is 19.6 Å². The number of nitrogens with zero attached hydrogens (tertiary/aromatic N) is 2. The highest BCUT2D eigenvalue weighted by Gasteiger charge is 2.54. The summed E-state index contributed by atoms with van der Waals surface area (Å²) in [5.41, 5.74) is 3.78. The fraction of sp³-hybridized carbons (Fsp3) is 0.409. The van der Waals surface area contributed by atoms with Gasteiger partial charge in [0, 0.05) is 11.1 Å². The third-order valence-electron chi connectivity index (χ3n) is 9.68. The highest BCUT2D eigenvalue weighted by Crippen LogP contribution is 2.41. The number of carbonyl (C=O) groups excluding carboxylic acids is 2. The topological polar surface area (TPSA) is 147 Å². The molecule has 0 aliphatic carbocycles. The van der Waals surface area contributed by atoms with Gasteiger partial charge in [-0.1, -0.05) is 65.8 Å². The largest absolute Gasteiger partial charge is 0.490 e. The second-order valence-corrected chi connectivity index (χ2v) is 16.0. The van der Waals surface area contributed by atoms with Crippen LogP contribution >= 0.6 is 0 Å². The molecule has 290 valence electrons. The molecule has 6 atom stereocenters. The Morgan fingerprint density at radius 3 is 1.35 bits per heavy atom. The Kier molecular flexibility index (Phi) is 12.0. The molecule has 0 saturated carbocycles. The van der Waals surface area contributed by atoms with Crippen molar-refractivity contribution >= 4 is 11.9 Å². The Balaban J connectivity index is 0.942. The number of hydrogen-bond donors (Lipinski definition) is 2. The van der Waals surface area contributed by atoms with Crippen LogP contribution in [-0.2, 0) is 23.8 Å². The molecule has 55 heavy (non-hydrogen) atoms. The standard InChI is InChI=1S/C44H50N2O9/c1-43(2,3)39(47)33-11-7-9-31(45-33)27-13-17-29(18-14-27)51-23-25-53-41(49)37-35-21-22-36(55-35)38(37)42(50)54-26-24-52-30-19-15-28(16-20-30)32-10-8-12-34(46-32)40(48)44(4,5)6/h7-22,35-40,47-48H,23-26H2,1-6H3/t35-,36+,37-,38+,39-,40-/m0/s1. The lowest BCUT2D eigenvalue weighted by Gasteiger charge is -2.25. The number of ether oxygens (including phenoxy) is 5. The fourth-order valence-corrected chi connectivity index (χ4v) is 6.53. The van der Waals surface area contributed by atoms with E-state index in [1.54, 1.807) is 12.2 Å². The van der Waals surface area contributed by atoms with Crippen molar-refractivity contribution in [2.75, 3.05) is 26.4 Å². The Bertz CT molecular complexity index is 1820. The Morgan fingerprint density at radius 1 is 0.600 bits per heavy atom. The average molecular weight is 751 g/mol. The average Bonchev–Trinajstić information content (AvgIpc) is 3.80.